The fourth-order valence-corrected chi connectivity index (χ4v) is 6.73. The molecule has 3 heterocycles. The molecule has 1 saturated carbocycles. The van der Waals surface area contributed by atoms with Crippen molar-refractivity contribution in [3.05, 3.63) is 46.0 Å². The Kier molecular flexibility index (Phi) is 8.13. The van der Waals surface area contributed by atoms with Crippen LogP contribution < -0.4 is 20.9 Å². The first-order valence-electron chi connectivity index (χ1n) is 13.2. The first-order chi connectivity index (χ1) is 19.7. The zero-order valence-corrected chi connectivity index (χ0v) is 24.7. The Labute approximate surface area is 244 Å². The van der Waals surface area contributed by atoms with Crippen molar-refractivity contribution >= 4 is 42.4 Å². The molecule has 42 heavy (non-hydrogen) atoms. The molecule has 2 aliphatic rings. The molecule has 3 unspecified atom stereocenters. The van der Waals surface area contributed by atoms with Crippen molar-refractivity contribution in [1.82, 2.24) is 24.6 Å². The summed E-state index contributed by atoms with van der Waals surface area (Å²) < 4.78 is 38.3. The van der Waals surface area contributed by atoms with Gasteiger partial charge in [-0.25, -0.2) is 9.55 Å². The summed E-state index contributed by atoms with van der Waals surface area (Å²) in [5, 5.41) is 25.4. The maximum Gasteiger partial charge on any atom is 0.459 e. The fraction of sp³-hybridized carbons (Fsp3) is 0.520. The highest BCUT2D eigenvalue weighted by Gasteiger charge is 2.55. The number of nitrogens with one attached hydrogen (secondary N) is 2. The third-order valence-electron chi connectivity index (χ3n) is 7.20. The molecular formula is C25H32ClN6O9P. The lowest BCUT2D eigenvalue weighted by Gasteiger charge is -2.41. The third-order valence-corrected chi connectivity index (χ3v) is 9.09. The molecule has 6 N–H and O–H groups in total. The summed E-state index contributed by atoms with van der Waals surface area (Å²) in [4.78, 5) is 35.6. The number of halogens is 1. The van der Waals surface area contributed by atoms with Crippen molar-refractivity contribution in [3.63, 3.8) is 0 Å². The van der Waals surface area contributed by atoms with Crippen LogP contribution in [0.5, 0.6) is 5.75 Å². The summed E-state index contributed by atoms with van der Waals surface area (Å²) in [6.07, 6.45) is -1.94. The van der Waals surface area contributed by atoms with Crippen molar-refractivity contribution in [2.75, 3.05) is 12.3 Å². The van der Waals surface area contributed by atoms with Crippen LogP contribution in [0.4, 0.5) is 5.95 Å². The fourth-order valence-electron chi connectivity index (χ4n) is 4.86. The number of ether oxygens (including phenoxy) is 2. The first kappa shape index (κ1) is 30.4. The lowest BCUT2D eigenvalue weighted by Crippen LogP contribution is -2.57. The van der Waals surface area contributed by atoms with Crippen LogP contribution in [0.1, 0.15) is 46.3 Å². The van der Waals surface area contributed by atoms with Crippen LogP contribution in [-0.4, -0.2) is 71.8 Å². The molecule has 0 bridgehead atoms. The molecule has 5 atom stereocenters. The minimum absolute atomic E-state index is 0.0179. The molecule has 1 aliphatic heterocycles. The second kappa shape index (κ2) is 11.2. The smallest absolute Gasteiger partial charge is 0.459 e. The van der Waals surface area contributed by atoms with Gasteiger partial charge in [0, 0.05) is 5.02 Å². The molecule has 1 aromatic carbocycles. The molecule has 228 valence electrons. The maximum absolute atomic E-state index is 14.2. The molecular weight excluding hydrogens is 595 g/mol. The summed E-state index contributed by atoms with van der Waals surface area (Å²) in [5.74, 6) is -0.640. The number of aromatic nitrogens is 4. The Morgan fingerprint density at radius 2 is 2.05 bits per heavy atom. The molecule has 0 spiro atoms. The number of carbonyl (C=O) groups is 1. The van der Waals surface area contributed by atoms with E-state index in [9.17, 15) is 24.4 Å². The van der Waals surface area contributed by atoms with E-state index in [4.69, 9.17) is 35.9 Å². The van der Waals surface area contributed by atoms with Gasteiger partial charge in [0.05, 0.1) is 19.0 Å². The van der Waals surface area contributed by atoms with E-state index in [2.05, 4.69) is 20.0 Å². The normalized spacial score (nSPS) is 26.6. The van der Waals surface area contributed by atoms with Gasteiger partial charge in [0.1, 0.15) is 29.1 Å². The number of benzene rings is 1. The SMILES string of the molecule is CC(C)OC(=O)C1(NP(=O)(OCC2OC(n3cnc4c(=O)[nH]c(N)nc43)[C@](C)(O)[C@@H]2O)Oc2ccc(Cl)cc2)CCC1. The molecule has 15 nitrogen and oxygen atoms in total. The van der Waals surface area contributed by atoms with Crippen LogP contribution in [-0.2, 0) is 23.4 Å². The molecule has 0 radical (unpaired) electrons. The first-order valence-corrected chi connectivity index (χ1v) is 15.1. The van der Waals surface area contributed by atoms with Gasteiger partial charge in [-0.05, 0) is 64.3 Å². The number of anilines is 1. The summed E-state index contributed by atoms with van der Waals surface area (Å²) in [7, 11) is -4.35. The average Bonchev–Trinajstić information content (AvgIpc) is 3.39. The Hall–Kier alpha value is -3.04. The van der Waals surface area contributed by atoms with Crippen LogP contribution in [0, 0.1) is 0 Å². The Bertz CT molecular complexity index is 1570. The number of aliphatic hydroxyl groups is 2. The zero-order valence-electron chi connectivity index (χ0n) is 23.0. The monoisotopic (exact) mass is 626 g/mol. The van der Waals surface area contributed by atoms with Gasteiger partial charge in [-0.3, -0.25) is 23.7 Å². The van der Waals surface area contributed by atoms with Gasteiger partial charge in [0.2, 0.25) is 5.95 Å². The number of nitrogens with two attached hydrogens (primary N) is 1. The Balaban J connectivity index is 1.40. The molecule has 5 rings (SSSR count). The number of aliphatic hydroxyl groups excluding tert-OH is 1. The Morgan fingerprint density at radius 3 is 2.67 bits per heavy atom. The molecule has 3 aromatic rings. The van der Waals surface area contributed by atoms with Crippen LogP contribution >= 0.6 is 19.3 Å². The van der Waals surface area contributed by atoms with Crippen LogP contribution in [0.15, 0.2) is 35.4 Å². The lowest BCUT2D eigenvalue weighted by atomic mass is 9.78. The number of nitrogen functional groups attached to an aromatic ring is 1. The summed E-state index contributed by atoms with van der Waals surface area (Å²) in [5.41, 5.74) is 1.80. The topological polar surface area (TPSA) is 213 Å². The van der Waals surface area contributed by atoms with Crippen molar-refractivity contribution in [1.29, 1.82) is 0 Å². The maximum atomic E-state index is 14.2. The number of rotatable bonds is 10. The minimum atomic E-state index is -4.35. The van der Waals surface area contributed by atoms with Gasteiger partial charge in [-0.2, -0.15) is 10.1 Å². The van der Waals surface area contributed by atoms with E-state index >= 15 is 0 Å². The number of esters is 1. The standard InChI is InChI=1S/C25H32ClN6O9P/c1-13(2)39-22(35)25(9-4-10-25)31-42(37,41-15-7-5-14(26)6-8-15)38-11-16-18(33)24(3,36)21(40-16)32-12-28-17-19(32)29-23(27)30-20(17)34/h5-8,12-13,16,18,21,33,36H,4,9-11H2,1-3H3,(H,31,37)(H3,27,29,30,34)/t16?,18-,21?,24-,42?/m1/s1. The number of imidazole rings is 1. The van der Waals surface area contributed by atoms with Gasteiger partial charge in [-0.15, -0.1) is 0 Å². The largest absolute Gasteiger partial charge is 0.462 e. The summed E-state index contributed by atoms with van der Waals surface area (Å²) >= 11 is 5.97. The van der Waals surface area contributed by atoms with Gasteiger partial charge < -0.3 is 29.9 Å². The highest BCUT2D eigenvalue weighted by Crippen LogP contribution is 2.51. The number of hydrogen-bond acceptors (Lipinski definition) is 12. The van der Waals surface area contributed by atoms with E-state index < -0.39 is 61.6 Å². The molecule has 1 saturated heterocycles. The average molecular weight is 627 g/mol. The second-order valence-electron chi connectivity index (χ2n) is 10.8. The lowest BCUT2D eigenvalue weighted by molar-refractivity contribution is -0.158. The molecule has 1 aliphatic carbocycles. The van der Waals surface area contributed by atoms with Gasteiger partial charge in [0.25, 0.3) is 5.56 Å². The minimum Gasteiger partial charge on any atom is -0.462 e. The third kappa shape index (κ3) is 5.78. The van der Waals surface area contributed by atoms with Gasteiger partial charge in [-0.1, -0.05) is 11.6 Å². The second-order valence-corrected chi connectivity index (χ2v) is 12.9. The van der Waals surface area contributed by atoms with E-state index in [-0.39, 0.29) is 22.9 Å². The predicted octanol–water partition coefficient (Wildman–Crippen LogP) is 2.03. The summed E-state index contributed by atoms with van der Waals surface area (Å²) in [6, 6.07) is 6.01. The van der Waals surface area contributed by atoms with Crippen LogP contribution in [0.25, 0.3) is 11.2 Å². The van der Waals surface area contributed by atoms with E-state index in [1.807, 2.05) is 0 Å². The summed E-state index contributed by atoms with van der Waals surface area (Å²) in [6.45, 7) is 4.19. The highest BCUT2D eigenvalue weighted by molar-refractivity contribution is 7.52. The number of fused-ring (bicyclic) bond motifs is 1. The van der Waals surface area contributed by atoms with Crippen molar-refractivity contribution in [2.24, 2.45) is 0 Å². The number of carbonyl (C=O) groups excluding carboxylic acids is 1. The molecule has 2 fully saturated rings. The highest BCUT2D eigenvalue weighted by atomic mass is 35.5. The zero-order chi connectivity index (χ0) is 30.4. The number of aromatic amines is 1. The van der Waals surface area contributed by atoms with Gasteiger partial charge >= 0.3 is 13.7 Å². The van der Waals surface area contributed by atoms with Crippen LogP contribution in [0.2, 0.25) is 5.02 Å². The quantitative estimate of drug-likeness (QED) is 0.161. The Morgan fingerprint density at radius 1 is 1.36 bits per heavy atom. The molecule has 0 amide bonds. The van der Waals surface area contributed by atoms with Crippen molar-refractivity contribution < 1.29 is 38.1 Å². The van der Waals surface area contributed by atoms with Crippen molar-refractivity contribution in [3.8, 4) is 5.75 Å². The van der Waals surface area contributed by atoms with E-state index in [0.29, 0.717) is 24.3 Å². The number of nitrogens with zero attached hydrogens (tertiary/aromatic N) is 3. The van der Waals surface area contributed by atoms with Gasteiger partial charge in [0.15, 0.2) is 17.4 Å². The number of H-pyrrole nitrogens is 1. The van der Waals surface area contributed by atoms with Crippen LogP contribution in [0.3, 0.4) is 0 Å². The number of hydrogen-bond donors (Lipinski definition) is 5. The molecule has 2 aromatic heterocycles. The van der Waals surface area contributed by atoms with Crippen molar-refractivity contribution in [2.45, 2.75) is 75.7 Å². The van der Waals surface area contributed by atoms with E-state index in [1.165, 1.54) is 42.1 Å². The molecule has 17 heteroatoms. The van der Waals surface area contributed by atoms with E-state index in [1.54, 1.807) is 13.8 Å². The van der Waals surface area contributed by atoms with E-state index in [0.717, 1.165) is 0 Å². The predicted molar refractivity (Wildman–Crippen MR) is 150 cm³/mol.